The molecule has 0 atom stereocenters. The van der Waals surface area contributed by atoms with Gasteiger partial charge in [-0.15, -0.1) is 0 Å². The number of nitrogens with one attached hydrogen (secondary N) is 1. The Kier molecular flexibility index (Phi) is 8.67. The number of alkyl carbamates (subject to hydrolysis) is 1. The van der Waals surface area contributed by atoms with Gasteiger partial charge in [0.2, 0.25) is 0 Å². The van der Waals surface area contributed by atoms with Crippen LogP contribution in [0.15, 0.2) is 66.7 Å². The van der Waals surface area contributed by atoms with E-state index in [2.05, 4.69) is 48.4 Å². The van der Waals surface area contributed by atoms with Crippen molar-refractivity contribution in [1.82, 2.24) is 10.3 Å². The molecule has 3 aromatic rings. The maximum absolute atomic E-state index is 11.9. The first-order valence-corrected chi connectivity index (χ1v) is 13.5. The minimum Gasteiger partial charge on any atom is -0.490 e. The van der Waals surface area contributed by atoms with Crippen molar-refractivity contribution in [1.29, 1.82) is 0 Å². The van der Waals surface area contributed by atoms with Crippen LogP contribution in [0.3, 0.4) is 0 Å². The molecule has 8 nitrogen and oxygen atoms in total. The molecule has 1 fully saturated rings. The molecule has 1 N–H and O–H groups in total. The average molecular weight is 547 g/mol. The molecule has 0 saturated heterocycles. The number of pyridine rings is 1. The largest absolute Gasteiger partial charge is 0.490 e. The van der Waals surface area contributed by atoms with Crippen molar-refractivity contribution in [2.75, 3.05) is 7.11 Å². The zero-order valence-electron chi connectivity index (χ0n) is 24.0. The first kappa shape index (κ1) is 28.9. The zero-order valence-corrected chi connectivity index (χ0v) is 24.0. The van der Waals surface area contributed by atoms with Crippen molar-refractivity contribution in [3.05, 3.63) is 89.2 Å². The SMILES string of the molecule is COC(=O)c1cccc(COc2ccc(C(C)(C)c3ccc(O[C@H]4C[C@H](NC(=O)OC(C)(C)C)C4)cc3)cc2)n1. The topological polar surface area (TPSA) is 96.0 Å². The summed E-state index contributed by atoms with van der Waals surface area (Å²) in [6.45, 7) is 10.2. The summed E-state index contributed by atoms with van der Waals surface area (Å²) in [5.41, 5.74) is 2.47. The molecule has 2 aromatic carbocycles. The van der Waals surface area contributed by atoms with Crippen molar-refractivity contribution in [3.8, 4) is 11.5 Å². The van der Waals surface area contributed by atoms with Gasteiger partial charge in [0.1, 0.15) is 35.5 Å². The number of aromatic nitrogens is 1. The number of hydrogen-bond donors (Lipinski definition) is 1. The van der Waals surface area contributed by atoms with Crippen LogP contribution in [0, 0.1) is 0 Å². The predicted octanol–water partition coefficient (Wildman–Crippen LogP) is 6.21. The van der Waals surface area contributed by atoms with Crippen LogP contribution < -0.4 is 14.8 Å². The van der Waals surface area contributed by atoms with Gasteiger partial charge in [0, 0.05) is 24.3 Å². The normalized spacial score (nSPS) is 16.9. The number of ether oxygens (including phenoxy) is 4. The van der Waals surface area contributed by atoms with E-state index < -0.39 is 11.6 Å². The van der Waals surface area contributed by atoms with E-state index in [1.165, 1.54) is 7.11 Å². The van der Waals surface area contributed by atoms with Crippen LogP contribution in [-0.2, 0) is 21.5 Å². The van der Waals surface area contributed by atoms with E-state index in [1.807, 2.05) is 51.1 Å². The smallest absolute Gasteiger partial charge is 0.407 e. The number of hydrogen-bond acceptors (Lipinski definition) is 7. The monoisotopic (exact) mass is 546 g/mol. The molecule has 0 unspecified atom stereocenters. The van der Waals surface area contributed by atoms with Gasteiger partial charge in [0.15, 0.2) is 0 Å². The molecule has 212 valence electrons. The number of carbonyl (C=O) groups excluding carboxylic acids is 2. The van der Waals surface area contributed by atoms with E-state index in [4.69, 9.17) is 18.9 Å². The summed E-state index contributed by atoms with van der Waals surface area (Å²) in [6.07, 6.45) is 1.20. The second kappa shape index (κ2) is 12.0. The molecular formula is C32H38N2O6. The van der Waals surface area contributed by atoms with Crippen LogP contribution in [0.25, 0.3) is 0 Å². The van der Waals surface area contributed by atoms with Gasteiger partial charge in [-0.25, -0.2) is 14.6 Å². The quantitative estimate of drug-likeness (QED) is 0.319. The number of rotatable bonds is 9. The van der Waals surface area contributed by atoms with Crippen LogP contribution in [-0.4, -0.2) is 41.9 Å². The third kappa shape index (κ3) is 7.52. The number of amides is 1. The second-order valence-electron chi connectivity index (χ2n) is 11.5. The summed E-state index contributed by atoms with van der Waals surface area (Å²) < 4.78 is 22.0. The number of esters is 1. The third-order valence-electron chi connectivity index (χ3n) is 6.86. The second-order valence-corrected chi connectivity index (χ2v) is 11.5. The third-order valence-corrected chi connectivity index (χ3v) is 6.86. The first-order chi connectivity index (χ1) is 18.9. The standard InChI is InChI=1S/C32H38N2O6/c1-31(2,3)40-30(36)34-24-18-27(19-24)39-26-16-12-22(13-17-26)32(4,5)21-10-14-25(15-11-21)38-20-23-8-7-9-28(33-23)29(35)37-6/h7-17,24,27H,18-20H2,1-6H3,(H,34,36)/t24-,27-. The highest BCUT2D eigenvalue weighted by molar-refractivity contribution is 5.87. The lowest BCUT2D eigenvalue weighted by atomic mass is 9.78. The maximum Gasteiger partial charge on any atom is 0.407 e. The van der Waals surface area contributed by atoms with Crippen molar-refractivity contribution < 1.29 is 28.5 Å². The van der Waals surface area contributed by atoms with E-state index in [9.17, 15) is 9.59 Å². The lowest BCUT2D eigenvalue weighted by Gasteiger charge is -2.36. The lowest BCUT2D eigenvalue weighted by molar-refractivity contribution is 0.0362. The van der Waals surface area contributed by atoms with Crippen molar-refractivity contribution in [2.24, 2.45) is 0 Å². The Morgan fingerprint density at radius 1 is 0.875 bits per heavy atom. The molecule has 1 aromatic heterocycles. The van der Waals surface area contributed by atoms with E-state index in [1.54, 1.807) is 12.1 Å². The minimum atomic E-state index is -0.506. The van der Waals surface area contributed by atoms with Crippen LogP contribution in [0.1, 0.15) is 74.8 Å². The highest BCUT2D eigenvalue weighted by atomic mass is 16.6. The molecule has 0 bridgehead atoms. The van der Waals surface area contributed by atoms with Gasteiger partial charge in [-0.3, -0.25) is 0 Å². The van der Waals surface area contributed by atoms with Gasteiger partial charge in [-0.2, -0.15) is 0 Å². The van der Waals surface area contributed by atoms with Crippen LogP contribution in [0.5, 0.6) is 11.5 Å². The molecule has 0 aliphatic heterocycles. The Balaban J connectivity index is 1.28. The minimum absolute atomic E-state index is 0.0736. The van der Waals surface area contributed by atoms with Crippen LogP contribution in [0.4, 0.5) is 4.79 Å². The van der Waals surface area contributed by atoms with Crippen LogP contribution >= 0.6 is 0 Å². The fourth-order valence-corrected chi connectivity index (χ4v) is 4.47. The maximum atomic E-state index is 11.9. The van der Waals surface area contributed by atoms with Gasteiger partial charge in [-0.05, 0) is 68.3 Å². The van der Waals surface area contributed by atoms with E-state index in [-0.39, 0.29) is 36.0 Å². The number of nitrogens with zero attached hydrogens (tertiary/aromatic N) is 1. The molecule has 0 radical (unpaired) electrons. The Labute approximate surface area is 236 Å². The molecule has 0 spiro atoms. The summed E-state index contributed by atoms with van der Waals surface area (Å²) in [5.74, 6) is 1.06. The van der Waals surface area contributed by atoms with E-state index in [0.717, 1.165) is 29.7 Å². The molecule has 40 heavy (non-hydrogen) atoms. The highest BCUT2D eigenvalue weighted by Gasteiger charge is 2.33. The van der Waals surface area contributed by atoms with E-state index in [0.29, 0.717) is 11.4 Å². The van der Waals surface area contributed by atoms with Gasteiger partial charge in [-0.1, -0.05) is 44.2 Å². The molecule has 1 heterocycles. The lowest BCUT2D eigenvalue weighted by Crippen LogP contribution is -2.50. The molecule has 1 aliphatic rings. The van der Waals surface area contributed by atoms with Gasteiger partial charge in [0.05, 0.1) is 12.8 Å². The number of methoxy groups -OCH3 is 1. The summed E-state index contributed by atoms with van der Waals surface area (Å²) >= 11 is 0. The zero-order chi connectivity index (χ0) is 28.9. The summed E-state index contributed by atoms with van der Waals surface area (Å²) in [7, 11) is 1.33. The molecule has 1 aliphatic carbocycles. The summed E-state index contributed by atoms with van der Waals surface area (Å²) in [5, 5.41) is 2.89. The molecule has 4 rings (SSSR count). The Bertz CT molecular complexity index is 1310. The highest BCUT2D eigenvalue weighted by Crippen LogP contribution is 2.34. The fourth-order valence-electron chi connectivity index (χ4n) is 4.47. The number of carbonyl (C=O) groups is 2. The Morgan fingerprint density at radius 2 is 1.48 bits per heavy atom. The van der Waals surface area contributed by atoms with Crippen molar-refractivity contribution in [3.63, 3.8) is 0 Å². The molecule has 8 heteroatoms. The van der Waals surface area contributed by atoms with Gasteiger partial charge >= 0.3 is 12.1 Å². The van der Waals surface area contributed by atoms with E-state index >= 15 is 0 Å². The summed E-state index contributed by atoms with van der Waals surface area (Å²) in [6, 6.07) is 21.4. The Hall–Kier alpha value is -4.07. The molecule has 1 saturated carbocycles. The molecular weight excluding hydrogens is 508 g/mol. The Morgan fingerprint density at radius 3 is 2.05 bits per heavy atom. The van der Waals surface area contributed by atoms with Crippen molar-refractivity contribution >= 4 is 12.1 Å². The van der Waals surface area contributed by atoms with Gasteiger partial charge < -0.3 is 24.3 Å². The molecule has 1 amide bonds. The average Bonchev–Trinajstić information content (AvgIpc) is 2.90. The first-order valence-electron chi connectivity index (χ1n) is 13.5. The summed E-state index contributed by atoms with van der Waals surface area (Å²) in [4.78, 5) is 27.9. The van der Waals surface area contributed by atoms with Gasteiger partial charge in [0.25, 0.3) is 0 Å². The van der Waals surface area contributed by atoms with Crippen LogP contribution in [0.2, 0.25) is 0 Å². The fraction of sp³-hybridized carbons (Fsp3) is 0.406. The predicted molar refractivity (Wildman–Crippen MR) is 152 cm³/mol. The number of benzene rings is 2. The van der Waals surface area contributed by atoms with Crippen molar-refractivity contribution in [2.45, 2.75) is 77.2 Å².